The number of hydrogen-bond donors (Lipinski definition) is 1. The number of halogens is 6. The second-order valence-electron chi connectivity index (χ2n) is 4.16. The maximum Gasteiger partial charge on any atom is 0.433 e. The van der Waals surface area contributed by atoms with Gasteiger partial charge in [-0.15, -0.1) is 0 Å². The topological polar surface area (TPSA) is 24.9 Å². The average Bonchev–Trinajstić information content (AvgIpc) is 2.42. The summed E-state index contributed by atoms with van der Waals surface area (Å²) in [5.74, 6) is -4.25. The van der Waals surface area contributed by atoms with Crippen LogP contribution < -0.4 is 5.32 Å². The summed E-state index contributed by atoms with van der Waals surface area (Å²) in [4.78, 5) is 3.22. The van der Waals surface area contributed by atoms with Crippen molar-refractivity contribution in [2.24, 2.45) is 0 Å². The summed E-state index contributed by atoms with van der Waals surface area (Å²) < 4.78 is 75.6. The van der Waals surface area contributed by atoms with Gasteiger partial charge >= 0.3 is 6.18 Å². The van der Waals surface area contributed by atoms with Crippen LogP contribution in [0.2, 0.25) is 0 Å². The first kappa shape index (κ1) is 15.1. The third-order valence-corrected chi connectivity index (χ3v) is 2.59. The lowest BCUT2D eigenvalue weighted by Gasteiger charge is -2.09. The molecule has 1 N–H and O–H groups in total. The zero-order valence-electron chi connectivity index (χ0n) is 10.3. The van der Waals surface area contributed by atoms with Crippen LogP contribution in [0.25, 0.3) is 0 Å². The predicted octanol–water partition coefficient (Wildman–Crippen LogP) is 4.13. The molecule has 0 unspecified atom stereocenters. The van der Waals surface area contributed by atoms with Crippen LogP contribution in [0.4, 0.5) is 32.0 Å². The molecule has 0 saturated heterocycles. The second kappa shape index (κ2) is 5.63. The van der Waals surface area contributed by atoms with Crippen LogP contribution in [0, 0.1) is 17.5 Å². The molecule has 2 nitrogen and oxygen atoms in total. The quantitative estimate of drug-likeness (QED) is 0.681. The van der Waals surface area contributed by atoms with Gasteiger partial charge in [0, 0.05) is 6.54 Å². The molecule has 1 aromatic heterocycles. The van der Waals surface area contributed by atoms with Gasteiger partial charge in [-0.2, -0.15) is 13.2 Å². The molecule has 0 amide bonds. The lowest BCUT2D eigenvalue weighted by molar-refractivity contribution is -0.141. The summed E-state index contributed by atoms with van der Waals surface area (Å²) in [7, 11) is 0. The van der Waals surface area contributed by atoms with Gasteiger partial charge in [0.25, 0.3) is 0 Å². The molecule has 1 heterocycles. The average molecular weight is 306 g/mol. The van der Waals surface area contributed by atoms with E-state index in [0.717, 1.165) is 30.5 Å². The van der Waals surface area contributed by atoms with Crippen LogP contribution in [0.15, 0.2) is 30.5 Å². The molecule has 0 aliphatic heterocycles. The fourth-order valence-electron chi connectivity index (χ4n) is 1.58. The molecule has 8 heteroatoms. The Morgan fingerprint density at radius 1 is 1.00 bits per heavy atom. The van der Waals surface area contributed by atoms with Gasteiger partial charge in [-0.1, -0.05) is 0 Å². The highest BCUT2D eigenvalue weighted by atomic mass is 19.4. The monoisotopic (exact) mass is 306 g/mol. The van der Waals surface area contributed by atoms with Gasteiger partial charge in [0.05, 0.1) is 11.9 Å². The zero-order chi connectivity index (χ0) is 15.6. The number of alkyl halides is 3. The van der Waals surface area contributed by atoms with Gasteiger partial charge in [0.15, 0.2) is 17.5 Å². The van der Waals surface area contributed by atoms with E-state index in [9.17, 15) is 26.3 Å². The van der Waals surface area contributed by atoms with Crippen molar-refractivity contribution in [1.29, 1.82) is 0 Å². The van der Waals surface area contributed by atoms with E-state index in [-0.39, 0.29) is 17.8 Å². The number of aromatic nitrogens is 1. The normalized spacial score (nSPS) is 11.5. The molecule has 2 rings (SSSR count). The molecule has 2 aromatic rings. The first-order chi connectivity index (χ1) is 9.77. The van der Waals surface area contributed by atoms with Crippen molar-refractivity contribution in [2.45, 2.75) is 12.7 Å². The van der Waals surface area contributed by atoms with Crippen molar-refractivity contribution < 1.29 is 26.3 Å². The van der Waals surface area contributed by atoms with Crippen molar-refractivity contribution in [3.05, 3.63) is 59.2 Å². The van der Waals surface area contributed by atoms with Crippen LogP contribution in [0.5, 0.6) is 0 Å². The van der Waals surface area contributed by atoms with E-state index in [0.29, 0.717) is 0 Å². The van der Waals surface area contributed by atoms with Crippen molar-refractivity contribution in [3.8, 4) is 0 Å². The lowest BCUT2D eigenvalue weighted by atomic mass is 10.2. The van der Waals surface area contributed by atoms with Crippen molar-refractivity contribution in [2.75, 3.05) is 5.32 Å². The van der Waals surface area contributed by atoms with E-state index < -0.39 is 29.3 Å². The molecular formula is C13H8F6N2. The maximum absolute atomic E-state index is 13.0. The van der Waals surface area contributed by atoms with E-state index in [4.69, 9.17) is 0 Å². The summed E-state index contributed by atoms with van der Waals surface area (Å²) in [5, 5.41) is 2.63. The van der Waals surface area contributed by atoms with Crippen LogP contribution in [-0.4, -0.2) is 4.98 Å². The number of rotatable bonds is 3. The summed E-state index contributed by atoms with van der Waals surface area (Å²) >= 11 is 0. The van der Waals surface area contributed by atoms with Gasteiger partial charge in [-0.25, -0.2) is 18.2 Å². The third kappa shape index (κ3) is 3.65. The SMILES string of the molecule is Fc1cc(CNc2ccc(C(F)(F)F)nc2)cc(F)c1F. The Morgan fingerprint density at radius 2 is 1.62 bits per heavy atom. The van der Waals surface area contributed by atoms with Crippen LogP contribution in [-0.2, 0) is 12.7 Å². The highest BCUT2D eigenvalue weighted by molar-refractivity contribution is 5.42. The molecule has 0 aliphatic rings. The molecule has 0 atom stereocenters. The minimum atomic E-state index is -4.54. The van der Waals surface area contributed by atoms with E-state index >= 15 is 0 Å². The molecule has 0 fully saturated rings. The lowest BCUT2D eigenvalue weighted by Crippen LogP contribution is -2.08. The van der Waals surface area contributed by atoms with Gasteiger partial charge in [-0.3, -0.25) is 0 Å². The van der Waals surface area contributed by atoms with E-state index in [1.165, 1.54) is 0 Å². The smallest absolute Gasteiger partial charge is 0.380 e. The highest BCUT2D eigenvalue weighted by Crippen LogP contribution is 2.27. The molecule has 0 saturated carbocycles. The van der Waals surface area contributed by atoms with Crippen molar-refractivity contribution in [3.63, 3.8) is 0 Å². The Morgan fingerprint density at radius 3 is 2.10 bits per heavy atom. The maximum atomic E-state index is 13.0. The Labute approximate surface area is 115 Å². The van der Waals surface area contributed by atoms with Gasteiger partial charge in [0.1, 0.15) is 5.69 Å². The number of nitrogens with zero attached hydrogens (tertiary/aromatic N) is 1. The van der Waals surface area contributed by atoms with E-state index in [1.54, 1.807) is 0 Å². The molecule has 0 aliphatic carbocycles. The van der Waals surface area contributed by atoms with E-state index in [1.807, 2.05) is 0 Å². The molecule has 0 radical (unpaired) electrons. The molecule has 112 valence electrons. The fourth-order valence-corrected chi connectivity index (χ4v) is 1.58. The van der Waals surface area contributed by atoms with Crippen LogP contribution in [0.3, 0.4) is 0 Å². The second-order valence-corrected chi connectivity index (χ2v) is 4.16. The van der Waals surface area contributed by atoms with Crippen molar-refractivity contribution in [1.82, 2.24) is 4.98 Å². The number of anilines is 1. The Hall–Kier alpha value is -2.25. The van der Waals surface area contributed by atoms with Gasteiger partial charge in [-0.05, 0) is 29.8 Å². The minimum Gasteiger partial charge on any atom is -0.380 e. The number of benzene rings is 1. The summed E-state index contributed by atoms with van der Waals surface area (Å²) in [6, 6.07) is 3.49. The summed E-state index contributed by atoms with van der Waals surface area (Å²) in [6.07, 6.45) is -3.60. The zero-order valence-corrected chi connectivity index (χ0v) is 10.3. The van der Waals surface area contributed by atoms with Gasteiger partial charge < -0.3 is 5.32 Å². The molecular weight excluding hydrogens is 298 g/mol. The Bertz CT molecular complexity index is 613. The largest absolute Gasteiger partial charge is 0.433 e. The number of hydrogen-bond acceptors (Lipinski definition) is 2. The Kier molecular flexibility index (Phi) is 4.06. The Balaban J connectivity index is 2.07. The molecule has 0 spiro atoms. The van der Waals surface area contributed by atoms with Gasteiger partial charge in [0.2, 0.25) is 0 Å². The molecule has 1 aromatic carbocycles. The first-order valence-electron chi connectivity index (χ1n) is 5.68. The predicted molar refractivity (Wildman–Crippen MR) is 62.9 cm³/mol. The third-order valence-electron chi connectivity index (χ3n) is 2.59. The number of nitrogens with one attached hydrogen (secondary N) is 1. The first-order valence-corrected chi connectivity index (χ1v) is 5.68. The standard InChI is InChI=1S/C13H8F6N2/c14-9-3-7(4-10(15)12(9)16)5-20-8-1-2-11(21-6-8)13(17,18)19/h1-4,6,20H,5H2. The van der Waals surface area contributed by atoms with E-state index in [2.05, 4.69) is 10.3 Å². The van der Waals surface area contributed by atoms with Crippen molar-refractivity contribution >= 4 is 5.69 Å². The summed E-state index contributed by atoms with van der Waals surface area (Å²) in [6.45, 7) is -0.0961. The van der Waals surface area contributed by atoms with Crippen LogP contribution in [0.1, 0.15) is 11.3 Å². The fraction of sp³-hybridized carbons (Fsp3) is 0.154. The molecule has 0 bridgehead atoms. The minimum absolute atomic E-state index is 0.0961. The molecule has 21 heavy (non-hydrogen) atoms. The highest BCUT2D eigenvalue weighted by Gasteiger charge is 2.31. The van der Waals surface area contributed by atoms with Crippen LogP contribution >= 0.6 is 0 Å². The summed E-state index contributed by atoms with van der Waals surface area (Å²) in [5.41, 5.74) is -0.716. The number of pyridine rings is 1.